The Morgan fingerprint density at radius 3 is 2.64 bits per heavy atom. The lowest BCUT2D eigenvalue weighted by atomic mass is 9.51. The summed E-state index contributed by atoms with van der Waals surface area (Å²) in [4.78, 5) is 12.1. The predicted octanol–water partition coefficient (Wildman–Crippen LogP) is 4.37. The second-order valence-corrected chi connectivity index (χ2v) is 9.78. The molecule has 5 aliphatic carbocycles. The van der Waals surface area contributed by atoms with Gasteiger partial charge in [0.1, 0.15) is 11.4 Å². The lowest BCUT2D eigenvalue weighted by Gasteiger charge is -2.53. The molecule has 0 aromatic heterocycles. The van der Waals surface area contributed by atoms with Gasteiger partial charge in [0.2, 0.25) is 0 Å². The van der Waals surface area contributed by atoms with Crippen LogP contribution in [-0.2, 0) is 4.79 Å². The van der Waals surface area contributed by atoms with Crippen molar-refractivity contribution in [3.63, 3.8) is 0 Å². The van der Waals surface area contributed by atoms with Crippen molar-refractivity contribution in [2.45, 2.75) is 70.3 Å². The first-order valence-electron chi connectivity index (χ1n) is 10.0. The third kappa shape index (κ3) is 1.80. The molecular weight excluding hydrogens is 322 g/mol. The zero-order chi connectivity index (χ0) is 17.8. The molecule has 4 heteroatoms. The number of alkyl halides is 2. The fourth-order valence-electron chi connectivity index (χ4n) is 7.82. The number of fused-ring (bicyclic) bond motifs is 7. The standard InChI is InChI=1S/C21H28F2O2/c1-11(24)16-5-6-17-14-3-4-15-13(12(14)7-9-19(16,17)2)8-10-20(25)18(15)21(20,22)23/h4,12-14,16-18,25H,3,5-10H2,1-2H3/t12-,13-,14-,16-,17+,18?,19-,20-/m1/s1. The summed E-state index contributed by atoms with van der Waals surface area (Å²) in [5.41, 5.74) is -0.778. The number of aliphatic hydroxyl groups is 1. The molecule has 4 fully saturated rings. The monoisotopic (exact) mass is 350 g/mol. The Morgan fingerprint density at radius 2 is 1.92 bits per heavy atom. The molecule has 1 N–H and O–H groups in total. The first kappa shape index (κ1) is 16.4. The van der Waals surface area contributed by atoms with E-state index in [9.17, 15) is 18.7 Å². The molecule has 0 spiro atoms. The molecule has 0 radical (unpaired) electrons. The highest BCUT2D eigenvalue weighted by atomic mass is 19.3. The second kappa shape index (κ2) is 4.74. The maximum atomic E-state index is 14.2. The van der Waals surface area contributed by atoms with Gasteiger partial charge < -0.3 is 5.11 Å². The summed E-state index contributed by atoms with van der Waals surface area (Å²) in [5, 5.41) is 10.3. The number of hydrogen-bond acceptors (Lipinski definition) is 2. The number of Topliss-reactive ketones (excluding diaryl/α,β-unsaturated/α-hetero) is 1. The molecule has 2 nitrogen and oxygen atoms in total. The number of halogens is 2. The molecule has 0 aromatic rings. The van der Waals surface area contributed by atoms with E-state index in [1.807, 2.05) is 0 Å². The zero-order valence-corrected chi connectivity index (χ0v) is 15.1. The third-order valence-corrected chi connectivity index (χ3v) is 9.06. The van der Waals surface area contributed by atoms with E-state index in [0.29, 0.717) is 30.0 Å². The smallest absolute Gasteiger partial charge is 0.286 e. The number of rotatable bonds is 1. The molecular formula is C21H28F2O2. The largest absolute Gasteiger partial charge is 0.383 e. The topological polar surface area (TPSA) is 37.3 Å². The molecule has 8 atom stereocenters. The van der Waals surface area contributed by atoms with Crippen LogP contribution in [0.3, 0.4) is 0 Å². The van der Waals surface area contributed by atoms with Gasteiger partial charge in [-0.15, -0.1) is 0 Å². The van der Waals surface area contributed by atoms with Crippen molar-refractivity contribution in [3.05, 3.63) is 11.6 Å². The fourth-order valence-corrected chi connectivity index (χ4v) is 7.82. The van der Waals surface area contributed by atoms with Crippen molar-refractivity contribution in [2.24, 2.45) is 40.9 Å². The fraction of sp³-hybridized carbons (Fsp3) is 0.857. The first-order chi connectivity index (χ1) is 11.7. The van der Waals surface area contributed by atoms with Gasteiger partial charge in [-0.25, -0.2) is 8.78 Å². The number of carbonyl (C=O) groups excluding carboxylic acids is 1. The Kier molecular flexibility index (Phi) is 3.11. The molecule has 5 rings (SSSR count). The Morgan fingerprint density at radius 1 is 1.16 bits per heavy atom. The van der Waals surface area contributed by atoms with E-state index in [-0.39, 0.29) is 23.7 Å². The van der Waals surface area contributed by atoms with Crippen LogP contribution < -0.4 is 0 Å². The third-order valence-electron chi connectivity index (χ3n) is 9.06. The molecule has 25 heavy (non-hydrogen) atoms. The minimum absolute atomic E-state index is 0.108. The molecule has 1 unspecified atom stereocenters. The maximum absolute atomic E-state index is 14.2. The molecule has 0 heterocycles. The molecule has 138 valence electrons. The number of hydrogen-bond donors (Lipinski definition) is 1. The number of allylic oxidation sites excluding steroid dienone is 1. The highest BCUT2D eigenvalue weighted by Crippen LogP contribution is 2.72. The van der Waals surface area contributed by atoms with Crippen LogP contribution in [0, 0.1) is 40.9 Å². The molecule has 0 aliphatic heterocycles. The molecule has 5 aliphatic rings. The van der Waals surface area contributed by atoms with Crippen LogP contribution in [-0.4, -0.2) is 22.4 Å². The van der Waals surface area contributed by atoms with Crippen LogP contribution >= 0.6 is 0 Å². The van der Waals surface area contributed by atoms with Crippen molar-refractivity contribution in [1.29, 1.82) is 0 Å². The molecule has 4 saturated carbocycles. The Labute approximate surface area is 148 Å². The van der Waals surface area contributed by atoms with E-state index >= 15 is 0 Å². The number of carbonyl (C=O) groups is 1. The van der Waals surface area contributed by atoms with Crippen LogP contribution in [0.1, 0.15) is 58.8 Å². The summed E-state index contributed by atoms with van der Waals surface area (Å²) in [6.45, 7) is 4.04. The van der Waals surface area contributed by atoms with Crippen molar-refractivity contribution in [3.8, 4) is 0 Å². The van der Waals surface area contributed by atoms with Crippen molar-refractivity contribution in [1.82, 2.24) is 0 Å². The van der Waals surface area contributed by atoms with Crippen LogP contribution in [0.4, 0.5) is 8.78 Å². The summed E-state index contributed by atoms with van der Waals surface area (Å²) in [7, 11) is 0. The average Bonchev–Trinajstić information content (AvgIpc) is 2.85. The van der Waals surface area contributed by atoms with Gasteiger partial charge in [-0.3, -0.25) is 4.79 Å². The van der Waals surface area contributed by atoms with Crippen LogP contribution in [0.15, 0.2) is 11.6 Å². The maximum Gasteiger partial charge on any atom is 0.286 e. The first-order valence-corrected chi connectivity index (χ1v) is 10.0. The van der Waals surface area contributed by atoms with Gasteiger partial charge in [-0.05, 0) is 81.0 Å². The van der Waals surface area contributed by atoms with Gasteiger partial charge in [0, 0.05) is 5.92 Å². The highest BCUT2D eigenvalue weighted by molar-refractivity contribution is 5.79. The quantitative estimate of drug-likeness (QED) is 0.713. The van der Waals surface area contributed by atoms with Gasteiger partial charge in [-0.2, -0.15) is 0 Å². The van der Waals surface area contributed by atoms with Crippen LogP contribution in [0.5, 0.6) is 0 Å². The summed E-state index contributed by atoms with van der Waals surface area (Å²) >= 11 is 0. The van der Waals surface area contributed by atoms with Gasteiger partial charge in [-0.1, -0.05) is 18.6 Å². The Hall–Kier alpha value is -0.770. The van der Waals surface area contributed by atoms with E-state index in [4.69, 9.17) is 0 Å². The lowest BCUT2D eigenvalue weighted by Crippen LogP contribution is -2.47. The average molecular weight is 350 g/mol. The summed E-state index contributed by atoms with van der Waals surface area (Å²) in [5.74, 6) is -1.51. The van der Waals surface area contributed by atoms with Crippen LogP contribution in [0.25, 0.3) is 0 Å². The molecule has 0 amide bonds. The van der Waals surface area contributed by atoms with E-state index in [0.717, 1.165) is 37.7 Å². The van der Waals surface area contributed by atoms with Gasteiger partial charge in [0.15, 0.2) is 0 Å². The summed E-state index contributed by atoms with van der Waals surface area (Å²) in [6.07, 6.45) is 8.10. The van der Waals surface area contributed by atoms with Gasteiger partial charge in [0.25, 0.3) is 5.92 Å². The van der Waals surface area contributed by atoms with E-state index in [1.165, 1.54) is 0 Å². The molecule has 0 bridgehead atoms. The van der Waals surface area contributed by atoms with Gasteiger partial charge >= 0.3 is 0 Å². The Balaban J connectivity index is 1.46. The minimum Gasteiger partial charge on any atom is -0.383 e. The summed E-state index contributed by atoms with van der Waals surface area (Å²) in [6, 6.07) is 0. The van der Waals surface area contributed by atoms with E-state index in [1.54, 1.807) is 6.92 Å². The zero-order valence-electron chi connectivity index (χ0n) is 15.1. The predicted molar refractivity (Wildman–Crippen MR) is 90.0 cm³/mol. The van der Waals surface area contributed by atoms with Gasteiger partial charge in [0.05, 0.1) is 5.92 Å². The van der Waals surface area contributed by atoms with Crippen molar-refractivity contribution in [2.75, 3.05) is 0 Å². The van der Waals surface area contributed by atoms with E-state index < -0.39 is 17.4 Å². The highest BCUT2D eigenvalue weighted by Gasteiger charge is 2.83. The van der Waals surface area contributed by atoms with Crippen molar-refractivity contribution >= 4 is 5.78 Å². The van der Waals surface area contributed by atoms with Crippen LogP contribution in [0.2, 0.25) is 0 Å². The molecule has 0 saturated heterocycles. The normalized spacial score (nSPS) is 55.3. The Bertz CT molecular complexity index is 671. The SMILES string of the molecule is CC(=O)[C@H]1CC[C@H]2[C@@H]3CC=C4C5C(F)(F)[C@@]5(O)CC[C@@H]4[C@H]3CC[C@]12C. The summed E-state index contributed by atoms with van der Waals surface area (Å²) < 4.78 is 28.3. The lowest BCUT2D eigenvalue weighted by molar-refractivity contribution is -0.126. The number of ketones is 1. The van der Waals surface area contributed by atoms with E-state index in [2.05, 4.69) is 13.0 Å². The molecule has 0 aromatic carbocycles. The van der Waals surface area contributed by atoms with Crippen molar-refractivity contribution < 1.29 is 18.7 Å². The minimum atomic E-state index is -2.92. The second-order valence-electron chi connectivity index (χ2n) is 9.78.